The molecule has 1 rings (SSSR count). The molecule has 0 unspecified atom stereocenters. The molecule has 6 heteroatoms. The molecule has 136 valence electrons. The standard InChI is InChI=1S/C18H31N3O2S/c1-5-11-23-16-9-8-15(13-17(16)22-3)14-21-18(19-2)20-10-6-7-12-24-4/h8-9,13H,5-7,10-12,14H2,1-4H3,(H2,19,20,21). The molecule has 0 heterocycles. The van der Waals surface area contributed by atoms with Crippen LogP contribution in [-0.4, -0.2) is 45.3 Å². The highest BCUT2D eigenvalue weighted by Gasteiger charge is 2.06. The van der Waals surface area contributed by atoms with Crippen molar-refractivity contribution in [1.29, 1.82) is 0 Å². The number of thioether (sulfide) groups is 1. The molecule has 0 spiro atoms. The van der Waals surface area contributed by atoms with Crippen LogP contribution >= 0.6 is 11.8 Å². The summed E-state index contributed by atoms with van der Waals surface area (Å²) < 4.78 is 11.1. The van der Waals surface area contributed by atoms with E-state index in [1.165, 1.54) is 12.2 Å². The Morgan fingerprint density at radius 2 is 2.04 bits per heavy atom. The van der Waals surface area contributed by atoms with E-state index in [1.54, 1.807) is 14.2 Å². The third kappa shape index (κ3) is 7.81. The van der Waals surface area contributed by atoms with E-state index in [9.17, 15) is 0 Å². The number of hydrogen-bond donors (Lipinski definition) is 2. The zero-order valence-electron chi connectivity index (χ0n) is 15.4. The first-order valence-electron chi connectivity index (χ1n) is 8.48. The second-order valence-electron chi connectivity index (χ2n) is 5.39. The Balaban J connectivity index is 2.47. The number of benzene rings is 1. The van der Waals surface area contributed by atoms with Gasteiger partial charge < -0.3 is 20.1 Å². The Morgan fingerprint density at radius 3 is 2.71 bits per heavy atom. The second-order valence-corrected chi connectivity index (χ2v) is 6.37. The van der Waals surface area contributed by atoms with Gasteiger partial charge >= 0.3 is 0 Å². The minimum Gasteiger partial charge on any atom is -0.493 e. The average Bonchev–Trinajstić information content (AvgIpc) is 2.62. The molecule has 1 aromatic carbocycles. The molecule has 0 saturated heterocycles. The van der Waals surface area contributed by atoms with Crippen LogP contribution in [0.5, 0.6) is 11.5 Å². The summed E-state index contributed by atoms with van der Waals surface area (Å²) >= 11 is 1.89. The van der Waals surface area contributed by atoms with Crippen LogP contribution in [0.3, 0.4) is 0 Å². The number of nitrogens with one attached hydrogen (secondary N) is 2. The normalized spacial score (nSPS) is 11.2. The van der Waals surface area contributed by atoms with Gasteiger partial charge in [0.1, 0.15) is 0 Å². The Kier molecular flexibility index (Phi) is 10.9. The van der Waals surface area contributed by atoms with Gasteiger partial charge in [-0.2, -0.15) is 11.8 Å². The fraction of sp³-hybridized carbons (Fsp3) is 0.611. The van der Waals surface area contributed by atoms with Crippen LogP contribution in [0.4, 0.5) is 0 Å². The van der Waals surface area contributed by atoms with E-state index in [4.69, 9.17) is 9.47 Å². The Morgan fingerprint density at radius 1 is 1.21 bits per heavy atom. The average molecular weight is 354 g/mol. The molecular weight excluding hydrogens is 322 g/mol. The first-order chi connectivity index (χ1) is 11.7. The van der Waals surface area contributed by atoms with Gasteiger partial charge in [0.15, 0.2) is 17.5 Å². The fourth-order valence-corrected chi connectivity index (χ4v) is 2.63. The van der Waals surface area contributed by atoms with Crippen LogP contribution < -0.4 is 20.1 Å². The van der Waals surface area contributed by atoms with Gasteiger partial charge in [-0.15, -0.1) is 0 Å². The van der Waals surface area contributed by atoms with Crippen molar-refractivity contribution in [2.24, 2.45) is 4.99 Å². The molecule has 24 heavy (non-hydrogen) atoms. The number of aliphatic imine (C=N–C) groups is 1. The van der Waals surface area contributed by atoms with Gasteiger partial charge in [0.2, 0.25) is 0 Å². The Labute approximate surface area is 150 Å². The molecule has 2 N–H and O–H groups in total. The van der Waals surface area contributed by atoms with Gasteiger partial charge in [-0.1, -0.05) is 13.0 Å². The zero-order valence-corrected chi connectivity index (χ0v) is 16.2. The largest absolute Gasteiger partial charge is 0.493 e. The number of nitrogens with zero attached hydrogens (tertiary/aromatic N) is 1. The lowest BCUT2D eigenvalue weighted by Crippen LogP contribution is -2.37. The lowest BCUT2D eigenvalue weighted by Gasteiger charge is -2.14. The van der Waals surface area contributed by atoms with Crippen molar-refractivity contribution in [3.05, 3.63) is 23.8 Å². The summed E-state index contributed by atoms with van der Waals surface area (Å²) in [5.41, 5.74) is 1.13. The molecule has 0 radical (unpaired) electrons. The molecule has 0 aliphatic rings. The second kappa shape index (κ2) is 12.8. The number of guanidine groups is 1. The number of rotatable bonds is 11. The monoisotopic (exact) mass is 353 g/mol. The zero-order chi connectivity index (χ0) is 17.6. The van der Waals surface area contributed by atoms with E-state index >= 15 is 0 Å². The molecule has 0 aliphatic carbocycles. The van der Waals surface area contributed by atoms with Gasteiger partial charge in [0.25, 0.3) is 0 Å². The van der Waals surface area contributed by atoms with Crippen molar-refractivity contribution in [2.75, 3.05) is 39.3 Å². The fourth-order valence-electron chi connectivity index (χ4n) is 2.14. The van der Waals surface area contributed by atoms with Gasteiger partial charge in [-0.05, 0) is 49.0 Å². The van der Waals surface area contributed by atoms with Crippen LogP contribution in [0.1, 0.15) is 31.7 Å². The van der Waals surface area contributed by atoms with Crippen molar-refractivity contribution in [2.45, 2.75) is 32.7 Å². The Hall–Kier alpha value is -1.56. The van der Waals surface area contributed by atoms with E-state index in [0.29, 0.717) is 13.2 Å². The minimum atomic E-state index is 0.689. The van der Waals surface area contributed by atoms with Crippen molar-refractivity contribution < 1.29 is 9.47 Å². The molecule has 0 aromatic heterocycles. The lowest BCUT2D eigenvalue weighted by atomic mass is 10.2. The smallest absolute Gasteiger partial charge is 0.191 e. The van der Waals surface area contributed by atoms with Crippen LogP contribution in [0.2, 0.25) is 0 Å². The summed E-state index contributed by atoms with van der Waals surface area (Å²) in [5, 5.41) is 6.67. The summed E-state index contributed by atoms with van der Waals surface area (Å²) in [6.07, 6.45) is 5.49. The molecular formula is C18H31N3O2S. The van der Waals surface area contributed by atoms with Crippen molar-refractivity contribution in [3.8, 4) is 11.5 Å². The topological polar surface area (TPSA) is 54.9 Å². The first-order valence-corrected chi connectivity index (χ1v) is 9.87. The van der Waals surface area contributed by atoms with Crippen LogP contribution in [-0.2, 0) is 6.54 Å². The van der Waals surface area contributed by atoms with E-state index in [0.717, 1.165) is 42.4 Å². The van der Waals surface area contributed by atoms with Gasteiger partial charge in [-0.3, -0.25) is 4.99 Å². The van der Waals surface area contributed by atoms with E-state index in [1.807, 2.05) is 30.0 Å². The maximum atomic E-state index is 5.68. The summed E-state index contributed by atoms with van der Waals surface area (Å²) in [7, 11) is 3.46. The number of ether oxygens (including phenoxy) is 2. The van der Waals surface area contributed by atoms with Gasteiger partial charge in [-0.25, -0.2) is 0 Å². The summed E-state index contributed by atoms with van der Waals surface area (Å²) in [6, 6.07) is 6.01. The number of hydrogen-bond acceptors (Lipinski definition) is 4. The van der Waals surface area contributed by atoms with Gasteiger partial charge in [0, 0.05) is 20.1 Å². The minimum absolute atomic E-state index is 0.689. The van der Waals surface area contributed by atoms with Crippen molar-refractivity contribution in [1.82, 2.24) is 10.6 Å². The lowest BCUT2D eigenvalue weighted by molar-refractivity contribution is 0.294. The number of unbranched alkanes of at least 4 members (excludes halogenated alkanes) is 1. The summed E-state index contributed by atoms with van der Waals surface area (Å²) in [5.74, 6) is 3.59. The molecule has 0 bridgehead atoms. The third-order valence-electron chi connectivity index (χ3n) is 3.44. The highest BCUT2D eigenvalue weighted by molar-refractivity contribution is 7.98. The first kappa shape index (κ1) is 20.5. The van der Waals surface area contributed by atoms with Crippen LogP contribution in [0.15, 0.2) is 23.2 Å². The maximum Gasteiger partial charge on any atom is 0.191 e. The highest BCUT2D eigenvalue weighted by atomic mass is 32.2. The van der Waals surface area contributed by atoms with Gasteiger partial charge in [0.05, 0.1) is 13.7 Å². The Bertz CT molecular complexity index is 495. The van der Waals surface area contributed by atoms with Crippen molar-refractivity contribution in [3.63, 3.8) is 0 Å². The molecule has 1 aromatic rings. The van der Waals surface area contributed by atoms with E-state index in [2.05, 4.69) is 28.8 Å². The van der Waals surface area contributed by atoms with Crippen LogP contribution in [0.25, 0.3) is 0 Å². The predicted octanol–water partition coefficient (Wildman–Crippen LogP) is 3.29. The number of methoxy groups -OCH3 is 1. The molecule has 0 aliphatic heterocycles. The van der Waals surface area contributed by atoms with Crippen LogP contribution in [0, 0.1) is 0 Å². The molecule has 0 fully saturated rings. The highest BCUT2D eigenvalue weighted by Crippen LogP contribution is 2.28. The summed E-state index contributed by atoms with van der Waals surface area (Å²) in [4.78, 5) is 4.25. The summed E-state index contributed by atoms with van der Waals surface area (Å²) in [6.45, 7) is 4.41. The SMILES string of the molecule is CCCOc1ccc(CNC(=NC)NCCCCSC)cc1OC. The van der Waals surface area contributed by atoms with E-state index in [-0.39, 0.29) is 0 Å². The van der Waals surface area contributed by atoms with E-state index < -0.39 is 0 Å². The molecule has 5 nitrogen and oxygen atoms in total. The maximum absolute atomic E-state index is 5.68. The third-order valence-corrected chi connectivity index (χ3v) is 4.14. The molecule has 0 amide bonds. The predicted molar refractivity (Wildman–Crippen MR) is 105 cm³/mol. The quantitative estimate of drug-likeness (QED) is 0.363. The van der Waals surface area contributed by atoms with Crippen molar-refractivity contribution >= 4 is 17.7 Å². The molecule has 0 saturated carbocycles. The molecule has 0 atom stereocenters.